The Hall–Kier alpha value is -2.71. The predicted octanol–water partition coefficient (Wildman–Crippen LogP) is 4.64. The van der Waals surface area contributed by atoms with E-state index in [2.05, 4.69) is 20.3 Å². The van der Waals surface area contributed by atoms with E-state index in [-0.39, 0.29) is 21.7 Å². The Balaban J connectivity index is 1.98. The second-order valence-corrected chi connectivity index (χ2v) is 6.44. The van der Waals surface area contributed by atoms with Crippen molar-refractivity contribution in [1.29, 1.82) is 0 Å². The van der Waals surface area contributed by atoms with E-state index in [1.165, 1.54) is 24.3 Å². The van der Waals surface area contributed by atoms with Crippen LogP contribution >= 0.6 is 23.4 Å². The molecular formula is C16H12ClN5O2S. The van der Waals surface area contributed by atoms with Gasteiger partial charge in [0.2, 0.25) is 5.82 Å². The molecule has 0 radical (unpaired) electrons. The molecule has 2 heterocycles. The molecule has 0 saturated carbocycles. The second-order valence-electron chi connectivity index (χ2n) is 5.02. The van der Waals surface area contributed by atoms with Crippen LogP contribution in [0.5, 0.6) is 0 Å². The van der Waals surface area contributed by atoms with Crippen LogP contribution in [-0.4, -0.2) is 19.9 Å². The van der Waals surface area contributed by atoms with Gasteiger partial charge in [-0.1, -0.05) is 41.1 Å². The van der Waals surface area contributed by atoms with Crippen LogP contribution in [0.15, 0.2) is 58.8 Å². The summed E-state index contributed by atoms with van der Waals surface area (Å²) in [4.78, 5) is 23.9. The van der Waals surface area contributed by atoms with Gasteiger partial charge in [0.15, 0.2) is 10.2 Å². The molecule has 2 aromatic heterocycles. The lowest BCUT2D eigenvalue weighted by Gasteiger charge is -2.09. The summed E-state index contributed by atoms with van der Waals surface area (Å²) in [5.74, 6) is 0.0597. The first-order valence-corrected chi connectivity index (χ1v) is 8.35. The van der Waals surface area contributed by atoms with Crippen molar-refractivity contribution in [2.75, 3.05) is 5.32 Å². The maximum absolute atomic E-state index is 11.6. The highest BCUT2D eigenvalue weighted by Crippen LogP contribution is 2.38. The number of benzene rings is 1. The van der Waals surface area contributed by atoms with Crippen molar-refractivity contribution in [3.8, 4) is 0 Å². The lowest BCUT2D eigenvalue weighted by atomic mass is 10.2. The molecule has 0 saturated heterocycles. The van der Waals surface area contributed by atoms with Gasteiger partial charge in [-0.3, -0.25) is 10.1 Å². The Bertz CT molecular complexity index is 921. The maximum atomic E-state index is 11.6. The number of nitrogens with zero attached hydrogens (tertiary/aromatic N) is 4. The first-order chi connectivity index (χ1) is 12.0. The first kappa shape index (κ1) is 17.1. The van der Waals surface area contributed by atoms with E-state index in [0.717, 1.165) is 10.5 Å². The summed E-state index contributed by atoms with van der Waals surface area (Å²) < 4.78 is 0. The van der Waals surface area contributed by atoms with Gasteiger partial charge in [0, 0.05) is 11.1 Å². The predicted molar refractivity (Wildman–Crippen MR) is 96.5 cm³/mol. The van der Waals surface area contributed by atoms with Crippen LogP contribution in [0.25, 0.3) is 0 Å². The number of aryl methyl sites for hydroxylation is 1. The van der Waals surface area contributed by atoms with Gasteiger partial charge in [0.25, 0.3) is 0 Å². The van der Waals surface area contributed by atoms with Crippen molar-refractivity contribution < 1.29 is 4.92 Å². The summed E-state index contributed by atoms with van der Waals surface area (Å²) in [6.07, 6.45) is 2.80. The van der Waals surface area contributed by atoms with Gasteiger partial charge in [0.05, 0.1) is 10.6 Å². The van der Waals surface area contributed by atoms with Crippen LogP contribution in [-0.2, 0) is 0 Å². The average molecular weight is 374 g/mol. The molecule has 3 aromatic rings. The van der Waals surface area contributed by atoms with Gasteiger partial charge in [-0.15, -0.1) is 0 Å². The summed E-state index contributed by atoms with van der Waals surface area (Å²) in [7, 11) is 0. The molecule has 0 fully saturated rings. The SMILES string of the molecule is Cc1ccc(Sc2ncnc(Nc3cccnc3Cl)c2[N+](=O)[O-])cc1. The highest BCUT2D eigenvalue weighted by atomic mass is 35.5. The summed E-state index contributed by atoms with van der Waals surface area (Å²) >= 11 is 7.20. The fraction of sp³-hybridized carbons (Fsp3) is 0.0625. The number of rotatable bonds is 5. The lowest BCUT2D eigenvalue weighted by Crippen LogP contribution is -2.03. The van der Waals surface area contributed by atoms with Crippen molar-refractivity contribution in [2.45, 2.75) is 16.8 Å². The number of nitrogens with one attached hydrogen (secondary N) is 1. The third-order valence-electron chi connectivity index (χ3n) is 3.22. The van der Waals surface area contributed by atoms with Gasteiger partial charge >= 0.3 is 5.69 Å². The number of aromatic nitrogens is 3. The maximum Gasteiger partial charge on any atom is 0.343 e. The summed E-state index contributed by atoms with van der Waals surface area (Å²) in [6, 6.07) is 11.0. The zero-order chi connectivity index (χ0) is 17.8. The Kier molecular flexibility index (Phi) is 5.11. The number of pyridine rings is 1. The number of anilines is 2. The molecule has 126 valence electrons. The Morgan fingerprint density at radius 1 is 1.16 bits per heavy atom. The van der Waals surface area contributed by atoms with E-state index in [0.29, 0.717) is 5.69 Å². The molecule has 0 aliphatic rings. The average Bonchev–Trinajstić information content (AvgIpc) is 2.59. The molecule has 3 rings (SSSR count). The molecule has 0 spiro atoms. The Labute approximate surface area is 152 Å². The van der Waals surface area contributed by atoms with Crippen LogP contribution in [0, 0.1) is 17.0 Å². The molecule has 0 aliphatic heterocycles. The minimum Gasteiger partial charge on any atom is -0.332 e. The first-order valence-electron chi connectivity index (χ1n) is 7.16. The van der Waals surface area contributed by atoms with Crippen LogP contribution in [0.4, 0.5) is 17.2 Å². The van der Waals surface area contributed by atoms with Crippen molar-refractivity contribution in [3.63, 3.8) is 0 Å². The largest absolute Gasteiger partial charge is 0.343 e. The van der Waals surface area contributed by atoms with Gasteiger partial charge in [-0.25, -0.2) is 15.0 Å². The zero-order valence-corrected chi connectivity index (χ0v) is 14.6. The molecule has 0 bridgehead atoms. The van der Waals surface area contributed by atoms with E-state index in [1.54, 1.807) is 12.1 Å². The molecule has 1 N–H and O–H groups in total. The molecule has 9 heteroatoms. The molecular weight excluding hydrogens is 362 g/mol. The molecule has 0 aliphatic carbocycles. The quantitative estimate of drug-likeness (QED) is 0.301. The van der Waals surface area contributed by atoms with Gasteiger partial charge in [-0.2, -0.15) is 0 Å². The van der Waals surface area contributed by atoms with Crippen LogP contribution in [0.2, 0.25) is 5.15 Å². The number of hydrogen-bond acceptors (Lipinski definition) is 7. The van der Waals surface area contributed by atoms with Crippen LogP contribution in [0.3, 0.4) is 0 Å². The minimum atomic E-state index is -0.511. The Morgan fingerprint density at radius 2 is 1.92 bits per heavy atom. The van der Waals surface area contributed by atoms with E-state index in [9.17, 15) is 10.1 Å². The molecule has 25 heavy (non-hydrogen) atoms. The summed E-state index contributed by atoms with van der Waals surface area (Å²) in [5, 5.41) is 14.9. The van der Waals surface area contributed by atoms with Gasteiger partial charge < -0.3 is 5.32 Å². The Morgan fingerprint density at radius 3 is 2.60 bits per heavy atom. The van der Waals surface area contributed by atoms with Crippen molar-refractivity contribution in [2.24, 2.45) is 0 Å². The molecule has 1 aromatic carbocycles. The highest BCUT2D eigenvalue weighted by Gasteiger charge is 2.24. The minimum absolute atomic E-state index is 0.0597. The standard InChI is InChI=1S/C16H12ClN5O2S/c1-10-4-6-11(7-5-10)25-16-13(22(23)24)15(19-9-20-16)21-12-3-2-8-18-14(12)17/h2-9H,1H3,(H,19,20,21). The molecule has 0 unspecified atom stereocenters. The lowest BCUT2D eigenvalue weighted by molar-refractivity contribution is -0.387. The third kappa shape index (κ3) is 4.04. The van der Waals surface area contributed by atoms with Crippen LogP contribution in [0.1, 0.15) is 5.56 Å². The fourth-order valence-electron chi connectivity index (χ4n) is 2.02. The highest BCUT2D eigenvalue weighted by molar-refractivity contribution is 7.99. The zero-order valence-electron chi connectivity index (χ0n) is 13.0. The van der Waals surface area contributed by atoms with Crippen molar-refractivity contribution in [1.82, 2.24) is 15.0 Å². The molecule has 0 amide bonds. The number of hydrogen-bond donors (Lipinski definition) is 1. The normalized spacial score (nSPS) is 10.5. The molecule has 0 atom stereocenters. The number of nitro groups is 1. The van der Waals surface area contributed by atoms with E-state index in [4.69, 9.17) is 11.6 Å². The van der Waals surface area contributed by atoms with Crippen molar-refractivity contribution in [3.05, 3.63) is 69.8 Å². The smallest absolute Gasteiger partial charge is 0.332 e. The van der Waals surface area contributed by atoms with E-state index in [1.807, 2.05) is 31.2 Å². The molecule has 7 nitrogen and oxygen atoms in total. The third-order valence-corrected chi connectivity index (χ3v) is 4.52. The second kappa shape index (κ2) is 7.45. The van der Waals surface area contributed by atoms with E-state index < -0.39 is 4.92 Å². The summed E-state index contributed by atoms with van der Waals surface area (Å²) in [5.41, 5.74) is 1.32. The topological polar surface area (TPSA) is 93.8 Å². The fourth-order valence-corrected chi connectivity index (χ4v) is 3.05. The monoisotopic (exact) mass is 373 g/mol. The number of halogens is 1. The van der Waals surface area contributed by atoms with Gasteiger partial charge in [0.1, 0.15) is 6.33 Å². The summed E-state index contributed by atoms with van der Waals surface area (Å²) in [6.45, 7) is 1.97. The van der Waals surface area contributed by atoms with Crippen molar-refractivity contribution >= 4 is 40.6 Å². The van der Waals surface area contributed by atoms with Crippen LogP contribution < -0.4 is 5.32 Å². The van der Waals surface area contributed by atoms with E-state index >= 15 is 0 Å². The van der Waals surface area contributed by atoms with Gasteiger partial charge in [-0.05, 0) is 31.2 Å².